The van der Waals surface area contributed by atoms with Gasteiger partial charge in [-0.05, 0) is 13.3 Å². The van der Waals surface area contributed by atoms with Crippen LogP contribution in [-0.4, -0.2) is 12.6 Å². The Morgan fingerprint density at radius 1 is 1.69 bits per heavy atom. The van der Waals surface area contributed by atoms with Crippen LogP contribution in [0.25, 0.3) is 0 Å². The van der Waals surface area contributed by atoms with Crippen LogP contribution in [0.2, 0.25) is 0 Å². The molecular weight excluding hydrogens is 166 g/mol. The van der Waals surface area contributed by atoms with E-state index in [9.17, 15) is 4.79 Å². The molecule has 71 valence electrons. The zero-order valence-electron chi connectivity index (χ0n) is 7.75. The Bertz CT molecular complexity index is 243. The molecule has 0 heterocycles. The van der Waals surface area contributed by atoms with E-state index in [2.05, 4.69) is 0 Å². The monoisotopic (exact) mass is 180 g/mol. The van der Waals surface area contributed by atoms with Gasteiger partial charge in [-0.3, -0.25) is 4.79 Å². The third-order valence-electron chi connectivity index (χ3n) is 1.75. The lowest BCUT2D eigenvalue weighted by atomic mass is 9.99. The van der Waals surface area contributed by atoms with Gasteiger partial charge in [-0.15, -0.1) is 0 Å². The number of hydrogen-bond acceptors (Lipinski definition) is 3. The fourth-order valence-corrected chi connectivity index (χ4v) is 1.21. The second-order valence-electron chi connectivity index (χ2n) is 2.92. The van der Waals surface area contributed by atoms with Crippen LogP contribution >= 0.6 is 0 Å². The molecular formula is C10H14NO2. The average Bonchev–Trinajstić information content (AvgIpc) is 2.04. The molecule has 0 aliphatic heterocycles. The summed E-state index contributed by atoms with van der Waals surface area (Å²) in [5.74, 6) is -0.183. The molecule has 0 spiro atoms. The summed E-state index contributed by atoms with van der Waals surface area (Å²) >= 11 is 0. The van der Waals surface area contributed by atoms with E-state index in [1.165, 1.54) is 0 Å². The fraction of sp³-hybridized carbons (Fsp3) is 0.400. The van der Waals surface area contributed by atoms with Gasteiger partial charge in [0.1, 0.15) is 0 Å². The summed E-state index contributed by atoms with van der Waals surface area (Å²) in [4.78, 5) is 11.1. The highest BCUT2D eigenvalue weighted by Gasteiger charge is 2.11. The highest BCUT2D eigenvalue weighted by Crippen LogP contribution is 2.18. The van der Waals surface area contributed by atoms with Crippen LogP contribution in [0.1, 0.15) is 19.8 Å². The molecule has 0 unspecified atom stereocenters. The minimum atomic E-state index is -0.183. The van der Waals surface area contributed by atoms with E-state index in [0.717, 1.165) is 11.6 Å². The molecule has 0 saturated heterocycles. The Labute approximate surface area is 78.3 Å². The normalized spacial score (nSPS) is 16.9. The van der Waals surface area contributed by atoms with Gasteiger partial charge < -0.3 is 10.5 Å². The molecule has 0 aromatic rings. The van der Waals surface area contributed by atoms with E-state index in [4.69, 9.17) is 10.5 Å². The van der Waals surface area contributed by atoms with Crippen molar-refractivity contribution in [1.82, 2.24) is 0 Å². The summed E-state index contributed by atoms with van der Waals surface area (Å²) in [7, 11) is 0. The zero-order chi connectivity index (χ0) is 9.68. The minimum absolute atomic E-state index is 0.183. The Kier molecular flexibility index (Phi) is 3.71. The van der Waals surface area contributed by atoms with E-state index in [1.807, 2.05) is 18.2 Å². The van der Waals surface area contributed by atoms with Crippen molar-refractivity contribution >= 4 is 5.97 Å². The van der Waals surface area contributed by atoms with Gasteiger partial charge in [0.2, 0.25) is 0 Å². The fourth-order valence-electron chi connectivity index (χ4n) is 1.21. The molecule has 13 heavy (non-hydrogen) atoms. The summed E-state index contributed by atoms with van der Waals surface area (Å²) < 4.78 is 4.83. The van der Waals surface area contributed by atoms with E-state index in [0.29, 0.717) is 19.4 Å². The van der Waals surface area contributed by atoms with Gasteiger partial charge in [0, 0.05) is 0 Å². The first kappa shape index (κ1) is 9.99. The van der Waals surface area contributed by atoms with Crippen molar-refractivity contribution in [3.8, 4) is 0 Å². The topological polar surface area (TPSA) is 52.3 Å². The maximum absolute atomic E-state index is 11.1. The number of esters is 1. The van der Waals surface area contributed by atoms with Crippen molar-refractivity contribution in [3.63, 3.8) is 0 Å². The van der Waals surface area contributed by atoms with Crippen LogP contribution in [0.3, 0.4) is 0 Å². The maximum atomic E-state index is 11.1. The first-order valence-corrected chi connectivity index (χ1v) is 4.35. The third kappa shape index (κ3) is 3.42. The largest absolute Gasteiger partial charge is 0.466 e. The van der Waals surface area contributed by atoms with E-state index >= 15 is 0 Å². The lowest BCUT2D eigenvalue weighted by Gasteiger charge is -2.12. The van der Waals surface area contributed by atoms with Gasteiger partial charge in [0.15, 0.2) is 0 Å². The molecule has 0 bridgehead atoms. The highest BCUT2D eigenvalue weighted by atomic mass is 16.5. The molecule has 2 N–H and O–H groups in total. The standard InChI is InChI=1S/C10H14NO2/c1-2-13-10(12)7-8-4-3-5-9(11)6-8/h3-5H,2,6-7,11H2,1H3. The van der Waals surface area contributed by atoms with E-state index in [-0.39, 0.29) is 5.97 Å². The molecule has 0 saturated carbocycles. The molecule has 0 aromatic carbocycles. The summed E-state index contributed by atoms with van der Waals surface area (Å²) in [5.41, 5.74) is 6.62. The van der Waals surface area contributed by atoms with Gasteiger partial charge in [0.05, 0.1) is 19.1 Å². The van der Waals surface area contributed by atoms with E-state index in [1.54, 1.807) is 6.92 Å². The maximum Gasteiger partial charge on any atom is 0.309 e. The van der Waals surface area contributed by atoms with Crippen molar-refractivity contribution in [2.24, 2.45) is 5.73 Å². The molecule has 1 radical (unpaired) electrons. The van der Waals surface area contributed by atoms with Crippen LogP contribution < -0.4 is 5.73 Å². The predicted octanol–water partition coefficient (Wildman–Crippen LogP) is 1.32. The molecule has 1 aliphatic rings. The Morgan fingerprint density at radius 3 is 3.08 bits per heavy atom. The summed E-state index contributed by atoms with van der Waals surface area (Å²) in [6.45, 7) is 2.23. The quantitative estimate of drug-likeness (QED) is 0.666. The van der Waals surface area contributed by atoms with Crippen LogP contribution in [0.15, 0.2) is 23.8 Å². The van der Waals surface area contributed by atoms with Crippen LogP contribution in [-0.2, 0) is 9.53 Å². The zero-order valence-corrected chi connectivity index (χ0v) is 7.75. The van der Waals surface area contributed by atoms with Gasteiger partial charge >= 0.3 is 5.97 Å². The molecule has 0 aromatic heterocycles. The van der Waals surface area contributed by atoms with Crippen LogP contribution in [0.5, 0.6) is 0 Å². The third-order valence-corrected chi connectivity index (χ3v) is 1.75. The minimum Gasteiger partial charge on any atom is -0.466 e. The molecule has 1 aliphatic carbocycles. The number of carbonyl (C=O) groups excluding carboxylic acids is 1. The van der Waals surface area contributed by atoms with E-state index < -0.39 is 0 Å². The second kappa shape index (κ2) is 4.82. The molecule has 0 atom stereocenters. The van der Waals surface area contributed by atoms with Crippen molar-refractivity contribution in [2.45, 2.75) is 19.8 Å². The Balaban J connectivity index is 2.41. The van der Waals surface area contributed by atoms with Crippen molar-refractivity contribution in [3.05, 3.63) is 29.8 Å². The van der Waals surface area contributed by atoms with Gasteiger partial charge in [-0.1, -0.05) is 23.8 Å². The first-order chi connectivity index (χ1) is 6.22. The smallest absolute Gasteiger partial charge is 0.309 e. The van der Waals surface area contributed by atoms with Gasteiger partial charge in [0.25, 0.3) is 0 Å². The molecule has 0 amide bonds. The van der Waals surface area contributed by atoms with Crippen molar-refractivity contribution in [2.75, 3.05) is 6.61 Å². The lowest BCUT2D eigenvalue weighted by molar-refractivity contribution is -0.142. The number of carbonyl (C=O) groups is 1. The average molecular weight is 180 g/mol. The molecule has 3 nitrogen and oxygen atoms in total. The number of rotatable bonds is 3. The summed E-state index contributed by atoms with van der Waals surface area (Å²) in [6, 6.07) is 0.793. The predicted molar refractivity (Wildman–Crippen MR) is 50.5 cm³/mol. The summed E-state index contributed by atoms with van der Waals surface area (Å²) in [5, 5.41) is 0. The lowest BCUT2D eigenvalue weighted by Crippen LogP contribution is -2.13. The Morgan fingerprint density at radius 2 is 2.46 bits per heavy atom. The number of nitrogens with two attached hydrogens (primary N) is 1. The number of ether oxygens (including phenoxy) is 1. The first-order valence-electron chi connectivity index (χ1n) is 4.35. The van der Waals surface area contributed by atoms with Crippen molar-refractivity contribution < 1.29 is 9.53 Å². The van der Waals surface area contributed by atoms with Crippen molar-refractivity contribution in [1.29, 1.82) is 0 Å². The summed E-state index contributed by atoms with van der Waals surface area (Å²) in [6.07, 6.45) is 6.63. The highest BCUT2D eigenvalue weighted by molar-refractivity contribution is 5.72. The molecule has 0 fully saturated rings. The van der Waals surface area contributed by atoms with Crippen LogP contribution in [0, 0.1) is 6.04 Å². The SMILES string of the molecule is CCOC(=O)CC1=CC=C[C](N)C1. The van der Waals surface area contributed by atoms with Crippen LogP contribution in [0.4, 0.5) is 0 Å². The Hall–Kier alpha value is -1.09. The number of allylic oxidation sites excluding steroid dienone is 2. The van der Waals surface area contributed by atoms with Gasteiger partial charge in [-0.25, -0.2) is 0 Å². The number of hydrogen-bond donors (Lipinski definition) is 1. The molecule has 3 heteroatoms. The second-order valence-corrected chi connectivity index (χ2v) is 2.92. The molecule has 1 rings (SSSR count). The van der Waals surface area contributed by atoms with Gasteiger partial charge in [-0.2, -0.15) is 0 Å².